The second-order valence-electron chi connectivity index (χ2n) is 5.39. The summed E-state index contributed by atoms with van der Waals surface area (Å²) in [5.74, 6) is -1.22. The first-order valence-corrected chi connectivity index (χ1v) is 6.91. The van der Waals surface area contributed by atoms with Crippen molar-refractivity contribution in [2.45, 2.75) is 39.3 Å². The van der Waals surface area contributed by atoms with E-state index >= 15 is 0 Å². The Balaban J connectivity index is 2.75. The van der Waals surface area contributed by atoms with Gasteiger partial charge in [0.15, 0.2) is 0 Å². The molecular weight excluding hydrogens is 326 g/mol. The molecule has 1 amide bonds. The fraction of sp³-hybridized carbons (Fsp3) is 0.429. The van der Waals surface area contributed by atoms with Crippen LogP contribution in [0.25, 0.3) is 0 Å². The first kappa shape index (κ1) is 16.5. The molecule has 0 bridgehead atoms. The van der Waals surface area contributed by atoms with Gasteiger partial charge in [-0.2, -0.15) is 0 Å². The van der Waals surface area contributed by atoms with Crippen molar-refractivity contribution < 1.29 is 19.4 Å². The van der Waals surface area contributed by atoms with Crippen LogP contribution in [0.1, 0.15) is 38.1 Å². The van der Waals surface area contributed by atoms with Gasteiger partial charge in [-0.3, -0.25) is 4.79 Å². The first-order chi connectivity index (χ1) is 9.10. The van der Waals surface area contributed by atoms with Crippen LogP contribution in [0.4, 0.5) is 0 Å². The molecule has 20 heavy (non-hydrogen) atoms. The monoisotopic (exact) mass is 343 g/mol. The van der Waals surface area contributed by atoms with E-state index in [0.717, 1.165) is 0 Å². The third-order valence-electron chi connectivity index (χ3n) is 2.31. The molecule has 0 spiro atoms. The minimum Gasteiger partial charge on any atom is -0.507 e. The summed E-state index contributed by atoms with van der Waals surface area (Å²) in [4.78, 5) is 23.8. The maximum Gasteiger partial charge on any atom is 0.328 e. The average Bonchev–Trinajstić information content (AvgIpc) is 2.29. The molecule has 6 heteroatoms. The highest BCUT2D eigenvalue weighted by atomic mass is 79.9. The molecule has 2 N–H and O–H groups in total. The molecule has 0 aliphatic carbocycles. The van der Waals surface area contributed by atoms with Gasteiger partial charge < -0.3 is 15.2 Å². The van der Waals surface area contributed by atoms with Crippen LogP contribution >= 0.6 is 15.9 Å². The summed E-state index contributed by atoms with van der Waals surface area (Å²) in [6.45, 7) is 6.78. The largest absolute Gasteiger partial charge is 0.507 e. The second-order valence-corrected chi connectivity index (χ2v) is 6.31. The molecule has 5 nitrogen and oxygen atoms in total. The van der Waals surface area contributed by atoms with Crippen LogP contribution in [-0.2, 0) is 9.53 Å². The number of carbonyl (C=O) groups is 2. The number of hydrogen-bond donors (Lipinski definition) is 2. The van der Waals surface area contributed by atoms with Crippen LogP contribution < -0.4 is 5.32 Å². The Labute approximate surface area is 126 Å². The van der Waals surface area contributed by atoms with E-state index in [1.165, 1.54) is 19.1 Å². The van der Waals surface area contributed by atoms with Crippen molar-refractivity contribution in [3.63, 3.8) is 0 Å². The lowest BCUT2D eigenvalue weighted by Gasteiger charge is -2.22. The zero-order chi connectivity index (χ0) is 15.5. The van der Waals surface area contributed by atoms with E-state index in [9.17, 15) is 14.7 Å². The number of esters is 1. The highest BCUT2D eigenvalue weighted by molar-refractivity contribution is 9.10. The van der Waals surface area contributed by atoms with E-state index in [-0.39, 0.29) is 11.3 Å². The van der Waals surface area contributed by atoms with Gasteiger partial charge in [0.2, 0.25) is 0 Å². The summed E-state index contributed by atoms with van der Waals surface area (Å²) >= 11 is 3.22. The third-order valence-corrected chi connectivity index (χ3v) is 2.80. The van der Waals surface area contributed by atoms with E-state index in [0.29, 0.717) is 4.47 Å². The molecule has 1 rings (SSSR count). The van der Waals surface area contributed by atoms with Crippen LogP contribution in [0.2, 0.25) is 0 Å². The number of hydrogen-bond acceptors (Lipinski definition) is 4. The zero-order valence-electron chi connectivity index (χ0n) is 11.9. The lowest BCUT2D eigenvalue weighted by Crippen LogP contribution is -2.42. The summed E-state index contributed by atoms with van der Waals surface area (Å²) in [6.07, 6.45) is 0. The minimum atomic E-state index is -0.805. The highest BCUT2D eigenvalue weighted by Crippen LogP contribution is 2.21. The molecule has 0 fully saturated rings. The van der Waals surface area contributed by atoms with Crippen molar-refractivity contribution in [1.29, 1.82) is 0 Å². The van der Waals surface area contributed by atoms with Crippen molar-refractivity contribution in [2.75, 3.05) is 0 Å². The molecule has 0 saturated heterocycles. The van der Waals surface area contributed by atoms with Crippen molar-refractivity contribution in [2.24, 2.45) is 0 Å². The zero-order valence-corrected chi connectivity index (χ0v) is 13.4. The van der Waals surface area contributed by atoms with E-state index in [1.54, 1.807) is 26.8 Å². The third kappa shape index (κ3) is 4.85. The molecule has 1 aromatic rings. The number of phenolic OH excluding ortho intramolecular Hbond substituents is 1. The molecule has 1 atom stereocenters. The molecule has 0 radical (unpaired) electrons. The van der Waals surface area contributed by atoms with Crippen LogP contribution in [-0.4, -0.2) is 28.6 Å². The molecule has 0 aliphatic rings. The van der Waals surface area contributed by atoms with E-state index < -0.39 is 23.5 Å². The Morgan fingerprint density at radius 1 is 1.35 bits per heavy atom. The predicted molar refractivity (Wildman–Crippen MR) is 78.6 cm³/mol. The van der Waals surface area contributed by atoms with Crippen LogP contribution in [0.3, 0.4) is 0 Å². The van der Waals surface area contributed by atoms with Crippen molar-refractivity contribution in [3.05, 3.63) is 28.2 Å². The number of amides is 1. The fourth-order valence-corrected chi connectivity index (χ4v) is 1.77. The number of benzene rings is 1. The molecule has 0 heterocycles. The number of ether oxygens (including phenoxy) is 1. The standard InChI is InChI=1S/C14H18BrNO4/c1-8(13(19)20-14(2,3)4)16-12(18)10-7-9(15)5-6-11(10)17/h5-8,17H,1-4H3,(H,16,18)/t8-/m1/s1. The Hall–Kier alpha value is -1.56. The Kier molecular flexibility index (Phi) is 5.16. The molecular formula is C14H18BrNO4. The van der Waals surface area contributed by atoms with Gasteiger partial charge in [0.05, 0.1) is 5.56 Å². The van der Waals surface area contributed by atoms with Gasteiger partial charge in [-0.25, -0.2) is 4.79 Å². The van der Waals surface area contributed by atoms with Crippen LogP contribution in [0.15, 0.2) is 22.7 Å². The maximum atomic E-state index is 12.0. The fourth-order valence-electron chi connectivity index (χ4n) is 1.41. The lowest BCUT2D eigenvalue weighted by atomic mass is 10.1. The normalized spacial score (nSPS) is 12.7. The molecule has 0 unspecified atom stereocenters. The van der Waals surface area contributed by atoms with Gasteiger partial charge in [0.1, 0.15) is 17.4 Å². The summed E-state index contributed by atoms with van der Waals surface area (Å²) in [7, 11) is 0. The van der Waals surface area contributed by atoms with Gasteiger partial charge >= 0.3 is 5.97 Å². The number of phenols is 1. The summed E-state index contributed by atoms with van der Waals surface area (Å²) in [5, 5.41) is 12.1. The maximum absolute atomic E-state index is 12.0. The van der Waals surface area contributed by atoms with Crippen molar-refractivity contribution in [1.82, 2.24) is 5.32 Å². The molecule has 110 valence electrons. The van der Waals surface area contributed by atoms with E-state index in [4.69, 9.17) is 4.74 Å². The minimum absolute atomic E-state index is 0.0924. The SMILES string of the molecule is C[C@@H](NC(=O)c1cc(Br)ccc1O)C(=O)OC(C)(C)C. The van der Waals surface area contributed by atoms with Crippen molar-refractivity contribution >= 4 is 27.8 Å². The molecule has 1 aromatic carbocycles. The number of carbonyl (C=O) groups excluding carboxylic acids is 2. The number of aromatic hydroxyl groups is 1. The van der Waals surface area contributed by atoms with Gasteiger partial charge in [-0.1, -0.05) is 15.9 Å². The van der Waals surface area contributed by atoms with Gasteiger partial charge in [0, 0.05) is 4.47 Å². The van der Waals surface area contributed by atoms with Gasteiger partial charge in [-0.05, 0) is 45.9 Å². The summed E-state index contributed by atoms with van der Waals surface area (Å²) in [5.41, 5.74) is -0.525. The summed E-state index contributed by atoms with van der Waals surface area (Å²) in [6, 6.07) is 3.69. The number of nitrogens with one attached hydrogen (secondary N) is 1. The van der Waals surface area contributed by atoms with Crippen molar-refractivity contribution in [3.8, 4) is 5.75 Å². The number of rotatable bonds is 3. The topological polar surface area (TPSA) is 75.6 Å². The van der Waals surface area contributed by atoms with E-state index in [1.807, 2.05) is 0 Å². The van der Waals surface area contributed by atoms with E-state index in [2.05, 4.69) is 21.2 Å². The molecule has 0 aliphatic heterocycles. The van der Waals surface area contributed by atoms with Gasteiger partial charge in [-0.15, -0.1) is 0 Å². The average molecular weight is 344 g/mol. The smallest absolute Gasteiger partial charge is 0.328 e. The Morgan fingerprint density at radius 3 is 2.50 bits per heavy atom. The Morgan fingerprint density at radius 2 is 1.95 bits per heavy atom. The van der Waals surface area contributed by atoms with Gasteiger partial charge in [0.25, 0.3) is 5.91 Å². The van der Waals surface area contributed by atoms with Crippen LogP contribution in [0, 0.1) is 0 Å². The second kappa shape index (κ2) is 6.26. The summed E-state index contributed by atoms with van der Waals surface area (Å²) < 4.78 is 5.82. The molecule has 0 aromatic heterocycles. The molecule has 0 saturated carbocycles. The number of halogens is 1. The van der Waals surface area contributed by atoms with Crippen LogP contribution in [0.5, 0.6) is 5.75 Å². The quantitative estimate of drug-likeness (QED) is 0.827. The predicted octanol–water partition coefficient (Wildman–Crippen LogP) is 2.61. The lowest BCUT2D eigenvalue weighted by molar-refractivity contribution is -0.156. The highest BCUT2D eigenvalue weighted by Gasteiger charge is 2.24. The Bertz CT molecular complexity index is 522. The first-order valence-electron chi connectivity index (χ1n) is 6.12.